The molecule has 0 atom stereocenters. The molecule has 0 aromatic heterocycles. The van der Waals surface area contributed by atoms with Gasteiger partial charge >= 0.3 is 0 Å². The van der Waals surface area contributed by atoms with Gasteiger partial charge in [0.25, 0.3) is 0 Å². The van der Waals surface area contributed by atoms with E-state index in [4.69, 9.17) is 21.7 Å². The second kappa shape index (κ2) is 10.5. The lowest BCUT2D eigenvalue weighted by Crippen LogP contribution is -2.43. The van der Waals surface area contributed by atoms with Crippen molar-refractivity contribution < 1.29 is 9.47 Å². The summed E-state index contributed by atoms with van der Waals surface area (Å²) >= 11 is 5.19. The van der Waals surface area contributed by atoms with E-state index in [1.165, 1.54) is 0 Å². The quantitative estimate of drug-likeness (QED) is 0.488. The number of rotatable bonds is 8. The van der Waals surface area contributed by atoms with E-state index in [-0.39, 0.29) is 0 Å². The number of morpholine rings is 1. The molecule has 1 heterocycles. The van der Waals surface area contributed by atoms with Crippen molar-refractivity contribution in [1.29, 1.82) is 0 Å². The van der Waals surface area contributed by atoms with Gasteiger partial charge in [-0.15, -0.1) is 0 Å². The van der Waals surface area contributed by atoms with Crippen molar-refractivity contribution in [2.45, 2.75) is 13.3 Å². The van der Waals surface area contributed by atoms with Crippen LogP contribution in [-0.4, -0.2) is 69.2 Å². The highest BCUT2D eigenvalue weighted by Gasteiger charge is 2.09. The molecule has 5 nitrogen and oxygen atoms in total. The number of hydrogen-bond acceptors (Lipinski definition) is 4. The Bertz CT molecular complexity index is 223. The molecule has 18 heavy (non-hydrogen) atoms. The van der Waals surface area contributed by atoms with E-state index >= 15 is 0 Å². The van der Waals surface area contributed by atoms with Gasteiger partial charge in [-0.25, -0.2) is 0 Å². The molecule has 0 radical (unpaired) electrons. The Hall–Kier alpha value is -0.430. The molecule has 0 bridgehead atoms. The lowest BCUT2D eigenvalue weighted by atomic mass is 10.4. The summed E-state index contributed by atoms with van der Waals surface area (Å²) in [6.07, 6.45) is 0.985. The summed E-state index contributed by atoms with van der Waals surface area (Å²) in [7, 11) is 0. The van der Waals surface area contributed by atoms with Crippen molar-refractivity contribution in [3.8, 4) is 0 Å². The van der Waals surface area contributed by atoms with E-state index in [0.29, 0.717) is 0 Å². The van der Waals surface area contributed by atoms with E-state index in [0.717, 1.165) is 70.7 Å². The molecular formula is C12H25N3O2S. The molecule has 0 aromatic rings. The van der Waals surface area contributed by atoms with Gasteiger partial charge in [0.15, 0.2) is 5.11 Å². The summed E-state index contributed by atoms with van der Waals surface area (Å²) in [5.74, 6) is 0. The highest BCUT2D eigenvalue weighted by Crippen LogP contribution is 1.94. The van der Waals surface area contributed by atoms with Crippen LogP contribution < -0.4 is 10.6 Å². The van der Waals surface area contributed by atoms with E-state index in [9.17, 15) is 0 Å². The van der Waals surface area contributed by atoms with E-state index < -0.39 is 0 Å². The van der Waals surface area contributed by atoms with Crippen LogP contribution in [0.25, 0.3) is 0 Å². The molecule has 1 saturated heterocycles. The maximum Gasteiger partial charge on any atom is 0.166 e. The van der Waals surface area contributed by atoms with Crippen molar-refractivity contribution in [3.63, 3.8) is 0 Å². The summed E-state index contributed by atoms with van der Waals surface area (Å²) in [5, 5.41) is 7.13. The number of hydrogen-bond donors (Lipinski definition) is 2. The molecule has 6 heteroatoms. The van der Waals surface area contributed by atoms with Crippen LogP contribution in [0.4, 0.5) is 0 Å². The Labute approximate surface area is 115 Å². The second-order valence-electron chi connectivity index (χ2n) is 4.19. The molecule has 1 fully saturated rings. The number of ether oxygens (including phenoxy) is 2. The Kier molecular flexibility index (Phi) is 9.11. The van der Waals surface area contributed by atoms with Crippen LogP contribution in [0.15, 0.2) is 0 Å². The van der Waals surface area contributed by atoms with Gasteiger partial charge in [-0.3, -0.25) is 4.90 Å². The van der Waals surface area contributed by atoms with Crippen molar-refractivity contribution in [2.24, 2.45) is 0 Å². The monoisotopic (exact) mass is 275 g/mol. The van der Waals surface area contributed by atoms with E-state index in [1.54, 1.807) is 0 Å². The summed E-state index contributed by atoms with van der Waals surface area (Å²) in [4.78, 5) is 2.38. The first-order valence-corrected chi connectivity index (χ1v) is 7.13. The van der Waals surface area contributed by atoms with Crippen molar-refractivity contribution in [3.05, 3.63) is 0 Å². The highest BCUT2D eigenvalue weighted by atomic mass is 32.1. The molecule has 1 rings (SSSR count). The zero-order chi connectivity index (χ0) is 13.1. The fourth-order valence-electron chi connectivity index (χ4n) is 1.74. The normalized spacial score (nSPS) is 16.5. The standard InChI is InChI=1S/C12H25N3O2S/c1-2-16-9-3-4-13-12(18)14-5-6-15-7-10-17-11-8-15/h2-11H2,1H3,(H2,13,14,18). The third-order valence-corrected chi connectivity index (χ3v) is 3.06. The van der Waals surface area contributed by atoms with Crippen LogP contribution >= 0.6 is 12.2 Å². The van der Waals surface area contributed by atoms with Crippen LogP contribution in [0.5, 0.6) is 0 Å². The van der Waals surface area contributed by atoms with Gasteiger partial charge in [0.2, 0.25) is 0 Å². The SMILES string of the molecule is CCOCCCNC(=S)NCCN1CCOCC1. The van der Waals surface area contributed by atoms with Gasteiger partial charge in [-0.1, -0.05) is 0 Å². The second-order valence-corrected chi connectivity index (χ2v) is 4.60. The fourth-order valence-corrected chi connectivity index (χ4v) is 1.94. The first-order valence-electron chi connectivity index (χ1n) is 6.72. The maximum absolute atomic E-state index is 5.30. The first-order chi connectivity index (χ1) is 8.83. The zero-order valence-electron chi connectivity index (χ0n) is 11.2. The topological polar surface area (TPSA) is 45.8 Å². The first kappa shape index (κ1) is 15.6. The van der Waals surface area contributed by atoms with Gasteiger partial charge in [0.1, 0.15) is 0 Å². The fraction of sp³-hybridized carbons (Fsp3) is 0.917. The largest absolute Gasteiger partial charge is 0.382 e. The highest BCUT2D eigenvalue weighted by molar-refractivity contribution is 7.80. The molecule has 106 valence electrons. The van der Waals surface area contributed by atoms with Crippen LogP contribution in [-0.2, 0) is 9.47 Å². The molecular weight excluding hydrogens is 250 g/mol. The van der Waals surface area contributed by atoms with E-state index in [2.05, 4.69) is 15.5 Å². The van der Waals surface area contributed by atoms with Crippen LogP contribution in [0.3, 0.4) is 0 Å². The van der Waals surface area contributed by atoms with Crippen molar-refractivity contribution in [2.75, 3.05) is 59.2 Å². The number of nitrogens with zero attached hydrogens (tertiary/aromatic N) is 1. The number of nitrogens with one attached hydrogen (secondary N) is 2. The molecule has 0 unspecified atom stereocenters. The predicted molar refractivity (Wildman–Crippen MR) is 77.0 cm³/mol. The number of thiocarbonyl (C=S) groups is 1. The van der Waals surface area contributed by atoms with Crippen molar-refractivity contribution in [1.82, 2.24) is 15.5 Å². The summed E-state index contributed by atoms with van der Waals surface area (Å²) < 4.78 is 10.6. The molecule has 2 N–H and O–H groups in total. The molecule has 1 aliphatic heterocycles. The molecule has 0 amide bonds. The van der Waals surface area contributed by atoms with Crippen LogP contribution in [0.2, 0.25) is 0 Å². The Balaban J connectivity index is 1.89. The average Bonchev–Trinajstić information content (AvgIpc) is 2.40. The minimum Gasteiger partial charge on any atom is -0.382 e. The van der Waals surface area contributed by atoms with Gasteiger partial charge in [0.05, 0.1) is 13.2 Å². The van der Waals surface area contributed by atoms with E-state index in [1.807, 2.05) is 6.92 Å². The molecule has 0 spiro atoms. The maximum atomic E-state index is 5.30. The lowest BCUT2D eigenvalue weighted by Gasteiger charge is -2.26. The molecule has 1 aliphatic rings. The Morgan fingerprint density at radius 2 is 2.00 bits per heavy atom. The Morgan fingerprint density at radius 1 is 1.28 bits per heavy atom. The predicted octanol–water partition coefficient (Wildman–Crippen LogP) is 0.209. The molecule has 0 aromatic carbocycles. The average molecular weight is 275 g/mol. The van der Waals surface area contributed by atoms with Gasteiger partial charge in [-0.05, 0) is 25.6 Å². The zero-order valence-corrected chi connectivity index (χ0v) is 12.1. The van der Waals surface area contributed by atoms with Crippen molar-refractivity contribution >= 4 is 17.3 Å². The van der Waals surface area contributed by atoms with Crippen LogP contribution in [0.1, 0.15) is 13.3 Å². The molecule has 0 aliphatic carbocycles. The summed E-state index contributed by atoms with van der Waals surface area (Å²) in [6, 6.07) is 0. The molecule has 0 saturated carbocycles. The lowest BCUT2D eigenvalue weighted by molar-refractivity contribution is 0.0389. The minimum atomic E-state index is 0.736. The van der Waals surface area contributed by atoms with Gasteiger partial charge in [0, 0.05) is 45.9 Å². The minimum absolute atomic E-state index is 0.736. The van der Waals surface area contributed by atoms with Crippen LogP contribution in [0, 0.1) is 0 Å². The third-order valence-electron chi connectivity index (χ3n) is 2.77. The smallest absolute Gasteiger partial charge is 0.166 e. The van der Waals surface area contributed by atoms with Gasteiger partial charge < -0.3 is 20.1 Å². The Morgan fingerprint density at radius 3 is 2.72 bits per heavy atom. The summed E-state index contributed by atoms with van der Waals surface area (Å²) in [5.41, 5.74) is 0. The van der Waals surface area contributed by atoms with Gasteiger partial charge in [-0.2, -0.15) is 0 Å². The third kappa shape index (κ3) is 7.81. The summed E-state index contributed by atoms with van der Waals surface area (Å²) in [6.45, 7) is 10.1.